The minimum atomic E-state index is -0.576. The molecule has 0 saturated heterocycles. The summed E-state index contributed by atoms with van der Waals surface area (Å²) in [4.78, 5) is 27.7. The van der Waals surface area contributed by atoms with Crippen molar-refractivity contribution in [2.24, 2.45) is 0 Å². The second-order valence-electron chi connectivity index (χ2n) is 9.68. The molecule has 7 nitrogen and oxygen atoms in total. The predicted octanol–water partition coefficient (Wildman–Crippen LogP) is 4.22. The second-order valence-corrected chi connectivity index (χ2v) is 9.68. The highest BCUT2D eigenvalue weighted by atomic mass is 16.6. The number of rotatable bonds is 7. The quantitative estimate of drug-likeness (QED) is 0.183. The normalized spacial score (nSPS) is 16.5. The number of hydrogen-bond acceptors (Lipinski definition) is 5. The summed E-state index contributed by atoms with van der Waals surface area (Å²) >= 11 is 0. The van der Waals surface area contributed by atoms with Gasteiger partial charge in [0.05, 0.1) is 0 Å². The highest BCUT2D eigenvalue weighted by Gasteiger charge is 2.31. The number of carbonyl (C=O) groups is 2. The van der Waals surface area contributed by atoms with Crippen LogP contribution in [0.2, 0.25) is 0 Å². The highest BCUT2D eigenvalue weighted by Crippen LogP contribution is 2.33. The van der Waals surface area contributed by atoms with E-state index in [1.807, 2.05) is 63.4 Å². The number of hydrogen-bond donors (Lipinski definition) is 4. The van der Waals surface area contributed by atoms with E-state index >= 15 is 0 Å². The molecule has 0 aliphatic heterocycles. The smallest absolute Gasteiger partial charge is 0.324 e. The van der Waals surface area contributed by atoms with Crippen molar-refractivity contribution >= 4 is 28.9 Å². The molecule has 0 fully saturated rings. The van der Waals surface area contributed by atoms with Crippen molar-refractivity contribution in [3.8, 4) is 0 Å². The van der Waals surface area contributed by atoms with Crippen molar-refractivity contribution in [2.75, 3.05) is 0 Å². The van der Waals surface area contributed by atoms with Crippen LogP contribution in [0.25, 0.3) is 17.0 Å². The topological polar surface area (TPSA) is 103 Å². The Bertz CT molecular complexity index is 1220. The van der Waals surface area contributed by atoms with Crippen LogP contribution in [0.5, 0.6) is 0 Å². The second kappa shape index (κ2) is 9.83. The van der Waals surface area contributed by atoms with Gasteiger partial charge >= 0.3 is 5.97 Å². The van der Waals surface area contributed by atoms with E-state index in [1.54, 1.807) is 11.6 Å². The van der Waals surface area contributed by atoms with Gasteiger partial charge in [0.25, 0.3) is 5.91 Å². The maximum absolute atomic E-state index is 13.2. The standard InChI is InChI=1S/C27H31N3O4/c1-27(2,3)34-26(32)24(15-19-16-28-22-7-5-4-6-20(19)22)29-23-12-10-18-14-17(8-11-21(18)23)9-13-25(31)30-33/h4-9,11,13-14,16,23-24,28-29,33H,10,12,15H2,1-3H3,(H,30,31)/t23?,24-/m0/s1. The van der Waals surface area contributed by atoms with Crippen molar-refractivity contribution in [1.82, 2.24) is 15.8 Å². The van der Waals surface area contributed by atoms with Crippen LogP contribution in [0.3, 0.4) is 0 Å². The van der Waals surface area contributed by atoms with Crippen LogP contribution in [0.15, 0.2) is 54.7 Å². The van der Waals surface area contributed by atoms with Crippen LogP contribution >= 0.6 is 0 Å². The van der Waals surface area contributed by atoms with Crippen LogP contribution in [-0.2, 0) is 27.2 Å². The zero-order chi connectivity index (χ0) is 24.3. The van der Waals surface area contributed by atoms with E-state index in [1.165, 1.54) is 11.6 Å². The molecule has 4 rings (SSSR count). The highest BCUT2D eigenvalue weighted by molar-refractivity contribution is 5.90. The lowest BCUT2D eigenvalue weighted by molar-refractivity contribution is -0.157. The molecule has 7 heteroatoms. The molecule has 3 aromatic rings. The first-order valence-electron chi connectivity index (χ1n) is 11.5. The number of aryl methyl sites for hydroxylation is 1. The lowest BCUT2D eigenvalue weighted by atomic mass is 10.0. The van der Waals surface area contributed by atoms with Gasteiger partial charge in [-0.3, -0.25) is 20.1 Å². The molecule has 1 aliphatic rings. The average Bonchev–Trinajstić information content (AvgIpc) is 3.39. The summed E-state index contributed by atoms with van der Waals surface area (Å²) in [6.45, 7) is 5.64. The minimum absolute atomic E-state index is 0.0245. The number of para-hydroxylation sites is 1. The molecule has 0 radical (unpaired) electrons. The Morgan fingerprint density at radius 1 is 1.24 bits per heavy atom. The molecule has 1 aromatic heterocycles. The Hall–Kier alpha value is -3.42. The van der Waals surface area contributed by atoms with E-state index < -0.39 is 17.6 Å². The van der Waals surface area contributed by atoms with E-state index in [4.69, 9.17) is 9.94 Å². The first-order chi connectivity index (χ1) is 16.2. The van der Waals surface area contributed by atoms with E-state index in [2.05, 4.69) is 16.4 Å². The van der Waals surface area contributed by atoms with Crippen LogP contribution in [0.4, 0.5) is 0 Å². The molecule has 178 valence electrons. The molecule has 1 aliphatic carbocycles. The zero-order valence-electron chi connectivity index (χ0n) is 19.7. The van der Waals surface area contributed by atoms with Gasteiger partial charge in [0.2, 0.25) is 0 Å². The number of nitrogens with one attached hydrogen (secondary N) is 3. The third-order valence-electron chi connectivity index (χ3n) is 5.97. The maximum atomic E-state index is 13.2. The third-order valence-corrected chi connectivity index (χ3v) is 5.97. The molecule has 0 bridgehead atoms. The molecule has 0 saturated carbocycles. The predicted molar refractivity (Wildman–Crippen MR) is 131 cm³/mol. The summed E-state index contributed by atoms with van der Waals surface area (Å²) in [5.41, 5.74) is 6.34. The first kappa shape index (κ1) is 23.7. The molecule has 1 amide bonds. The Kier molecular flexibility index (Phi) is 6.86. The van der Waals surface area contributed by atoms with Gasteiger partial charge in [-0.2, -0.15) is 0 Å². The SMILES string of the molecule is CC(C)(C)OC(=O)[C@H](Cc1c[nH]c2ccccc12)NC1CCc2cc(C=CC(=O)NO)ccc21. The average molecular weight is 462 g/mol. The number of fused-ring (bicyclic) bond motifs is 2. The molecule has 1 heterocycles. The third kappa shape index (κ3) is 5.55. The molecule has 2 aromatic carbocycles. The summed E-state index contributed by atoms with van der Waals surface area (Å²) in [5, 5.41) is 13.3. The number of aromatic amines is 1. The molecule has 2 atom stereocenters. The lowest BCUT2D eigenvalue weighted by Gasteiger charge is -2.27. The Balaban J connectivity index is 1.56. The molecule has 34 heavy (non-hydrogen) atoms. The van der Waals surface area contributed by atoms with Gasteiger partial charge in [0, 0.05) is 35.6 Å². The fourth-order valence-corrected chi connectivity index (χ4v) is 4.47. The van der Waals surface area contributed by atoms with Gasteiger partial charge in [-0.15, -0.1) is 0 Å². The van der Waals surface area contributed by atoms with Gasteiger partial charge in [-0.05, 0) is 68.0 Å². The number of carbonyl (C=O) groups excluding carboxylic acids is 2. The van der Waals surface area contributed by atoms with Crippen molar-refractivity contribution in [3.63, 3.8) is 0 Å². The van der Waals surface area contributed by atoms with E-state index in [9.17, 15) is 9.59 Å². The summed E-state index contributed by atoms with van der Waals surface area (Å²) < 4.78 is 5.76. The molecule has 1 unspecified atom stereocenters. The Labute approximate surface area is 199 Å². The van der Waals surface area contributed by atoms with Crippen molar-refractivity contribution in [1.29, 1.82) is 0 Å². The number of H-pyrrole nitrogens is 1. The summed E-state index contributed by atoms with van der Waals surface area (Å²) in [6, 6.07) is 13.6. The minimum Gasteiger partial charge on any atom is -0.459 e. The molecular formula is C27H31N3O4. The zero-order valence-corrected chi connectivity index (χ0v) is 19.7. The Morgan fingerprint density at radius 2 is 2.03 bits per heavy atom. The monoisotopic (exact) mass is 461 g/mol. The van der Waals surface area contributed by atoms with Crippen LogP contribution in [-0.4, -0.2) is 33.7 Å². The van der Waals surface area contributed by atoms with E-state index in [0.29, 0.717) is 6.42 Å². The van der Waals surface area contributed by atoms with Crippen molar-refractivity contribution < 1.29 is 19.5 Å². The number of ether oxygens (including phenoxy) is 1. The number of amides is 1. The van der Waals surface area contributed by atoms with Gasteiger partial charge in [-0.25, -0.2) is 5.48 Å². The first-order valence-corrected chi connectivity index (χ1v) is 11.5. The lowest BCUT2D eigenvalue weighted by Crippen LogP contribution is -2.44. The number of hydroxylamine groups is 1. The largest absolute Gasteiger partial charge is 0.459 e. The fraction of sp³-hybridized carbons (Fsp3) is 0.333. The van der Waals surface area contributed by atoms with Gasteiger partial charge < -0.3 is 9.72 Å². The number of aromatic nitrogens is 1. The molecular weight excluding hydrogens is 430 g/mol. The van der Waals surface area contributed by atoms with E-state index in [0.717, 1.165) is 40.4 Å². The molecule has 0 spiro atoms. The summed E-state index contributed by atoms with van der Waals surface area (Å²) in [7, 11) is 0. The maximum Gasteiger partial charge on any atom is 0.324 e. The Morgan fingerprint density at radius 3 is 2.79 bits per heavy atom. The number of benzene rings is 2. The van der Waals surface area contributed by atoms with Gasteiger partial charge in [0.15, 0.2) is 0 Å². The summed E-state index contributed by atoms with van der Waals surface area (Å²) in [6.07, 6.45) is 7.16. The summed E-state index contributed by atoms with van der Waals surface area (Å²) in [5.74, 6) is -0.835. The van der Waals surface area contributed by atoms with Crippen molar-refractivity contribution in [3.05, 3.63) is 77.0 Å². The fourth-order valence-electron chi connectivity index (χ4n) is 4.47. The molecule has 4 N–H and O–H groups in total. The van der Waals surface area contributed by atoms with Crippen LogP contribution in [0.1, 0.15) is 55.5 Å². The van der Waals surface area contributed by atoms with Crippen LogP contribution in [0, 0.1) is 0 Å². The van der Waals surface area contributed by atoms with E-state index in [-0.39, 0.29) is 12.0 Å². The van der Waals surface area contributed by atoms with Gasteiger partial charge in [-0.1, -0.05) is 36.4 Å². The number of esters is 1. The van der Waals surface area contributed by atoms with Gasteiger partial charge in [0.1, 0.15) is 11.6 Å². The van der Waals surface area contributed by atoms with Crippen molar-refractivity contribution in [2.45, 2.75) is 57.7 Å². The van der Waals surface area contributed by atoms with Crippen LogP contribution < -0.4 is 10.8 Å².